The van der Waals surface area contributed by atoms with Gasteiger partial charge in [0.2, 0.25) is 11.8 Å². The molecule has 0 spiro atoms. The van der Waals surface area contributed by atoms with Crippen LogP contribution in [0.2, 0.25) is 0 Å². The molecule has 8 nitrogen and oxygen atoms in total. The second-order valence-electron chi connectivity index (χ2n) is 7.01. The first-order chi connectivity index (χ1) is 14.3. The standard InChI is InChI=1S/C21H27BN2O6/c1-14-4-7-17(15(2)10-14)12-21(30-22(27)28)24-19(25)11-16-5-8-18(9-6-16)23-20(26)13-29-3/h4-10,21,27-28H,11-13H2,1-3H3,(H,23,26)(H,24,25)/t21-/m1/s1. The number of hydrogen-bond donors (Lipinski definition) is 4. The number of rotatable bonds is 10. The van der Waals surface area contributed by atoms with E-state index in [0.29, 0.717) is 12.1 Å². The average molecular weight is 414 g/mol. The van der Waals surface area contributed by atoms with Crippen LogP contribution in [0.15, 0.2) is 42.5 Å². The van der Waals surface area contributed by atoms with Crippen LogP contribution in [0.25, 0.3) is 0 Å². The number of carbonyl (C=O) groups excluding carboxylic acids is 2. The number of methoxy groups -OCH3 is 1. The summed E-state index contributed by atoms with van der Waals surface area (Å²) in [4.78, 5) is 24.0. The van der Waals surface area contributed by atoms with Crippen molar-refractivity contribution in [1.29, 1.82) is 0 Å². The number of ether oxygens (including phenoxy) is 1. The van der Waals surface area contributed by atoms with E-state index in [9.17, 15) is 19.6 Å². The zero-order chi connectivity index (χ0) is 22.1. The van der Waals surface area contributed by atoms with Crippen LogP contribution >= 0.6 is 0 Å². The van der Waals surface area contributed by atoms with E-state index in [1.807, 2.05) is 32.0 Å². The molecular formula is C21H27BN2O6. The first-order valence-corrected chi connectivity index (χ1v) is 9.51. The topological polar surface area (TPSA) is 117 Å². The second kappa shape index (κ2) is 11.5. The van der Waals surface area contributed by atoms with Gasteiger partial charge in [-0.2, -0.15) is 0 Å². The van der Waals surface area contributed by atoms with E-state index in [1.54, 1.807) is 24.3 Å². The maximum Gasteiger partial charge on any atom is 0.635 e. The number of amides is 2. The Balaban J connectivity index is 1.97. The number of benzene rings is 2. The number of anilines is 1. The summed E-state index contributed by atoms with van der Waals surface area (Å²) in [6.45, 7) is 3.89. The SMILES string of the molecule is COCC(=O)Nc1ccc(CC(=O)N[C@@H](Cc2ccc(C)cc2C)OB(O)O)cc1. The predicted octanol–water partition coefficient (Wildman–Crippen LogP) is 1.10. The summed E-state index contributed by atoms with van der Waals surface area (Å²) < 4.78 is 9.81. The van der Waals surface area contributed by atoms with Gasteiger partial charge in [-0.15, -0.1) is 0 Å². The van der Waals surface area contributed by atoms with Gasteiger partial charge < -0.3 is 30.1 Å². The van der Waals surface area contributed by atoms with Crippen LogP contribution in [0.3, 0.4) is 0 Å². The third kappa shape index (κ3) is 7.96. The van der Waals surface area contributed by atoms with E-state index >= 15 is 0 Å². The zero-order valence-electron chi connectivity index (χ0n) is 17.3. The van der Waals surface area contributed by atoms with Gasteiger partial charge in [-0.25, -0.2) is 0 Å². The molecule has 0 bridgehead atoms. The molecule has 2 rings (SSSR count). The van der Waals surface area contributed by atoms with Crippen molar-refractivity contribution in [1.82, 2.24) is 5.32 Å². The van der Waals surface area contributed by atoms with Gasteiger partial charge in [0.05, 0.1) is 6.42 Å². The Bertz CT molecular complexity index is 857. The molecule has 30 heavy (non-hydrogen) atoms. The van der Waals surface area contributed by atoms with Gasteiger partial charge >= 0.3 is 7.32 Å². The monoisotopic (exact) mass is 414 g/mol. The Morgan fingerprint density at radius 3 is 2.37 bits per heavy atom. The zero-order valence-corrected chi connectivity index (χ0v) is 17.3. The summed E-state index contributed by atoms with van der Waals surface area (Å²) in [6.07, 6.45) is -0.535. The van der Waals surface area contributed by atoms with E-state index in [1.165, 1.54) is 7.11 Å². The quantitative estimate of drug-likeness (QED) is 0.342. The molecule has 0 saturated heterocycles. The molecule has 0 aliphatic rings. The molecule has 4 N–H and O–H groups in total. The smallest absolute Gasteiger partial charge is 0.402 e. The van der Waals surface area contributed by atoms with E-state index in [0.717, 1.165) is 22.3 Å². The third-order valence-electron chi connectivity index (χ3n) is 4.39. The van der Waals surface area contributed by atoms with Gasteiger partial charge in [0.25, 0.3) is 0 Å². The van der Waals surface area contributed by atoms with Crippen LogP contribution in [0, 0.1) is 13.8 Å². The third-order valence-corrected chi connectivity index (χ3v) is 4.39. The normalized spacial score (nSPS) is 11.6. The average Bonchev–Trinajstić information content (AvgIpc) is 2.65. The summed E-state index contributed by atoms with van der Waals surface area (Å²) in [5.74, 6) is -0.599. The minimum Gasteiger partial charge on any atom is -0.402 e. The molecular weight excluding hydrogens is 387 g/mol. The lowest BCUT2D eigenvalue weighted by atomic mass is 10.0. The molecule has 160 valence electrons. The maximum atomic E-state index is 12.4. The Labute approximate surface area is 176 Å². The molecule has 0 radical (unpaired) electrons. The lowest BCUT2D eigenvalue weighted by Gasteiger charge is -2.20. The highest BCUT2D eigenvalue weighted by molar-refractivity contribution is 6.32. The first-order valence-electron chi connectivity index (χ1n) is 9.51. The van der Waals surface area contributed by atoms with E-state index in [4.69, 9.17) is 9.39 Å². The van der Waals surface area contributed by atoms with Crippen molar-refractivity contribution in [2.75, 3.05) is 19.0 Å². The minimum absolute atomic E-state index is 0.0390. The van der Waals surface area contributed by atoms with Crippen molar-refractivity contribution in [3.05, 3.63) is 64.7 Å². The van der Waals surface area contributed by atoms with E-state index < -0.39 is 13.5 Å². The summed E-state index contributed by atoms with van der Waals surface area (Å²) in [5.41, 5.74) is 4.40. The highest BCUT2D eigenvalue weighted by atomic mass is 16.6. The van der Waals surface area contributed by atoms with Crippen LogP contribution < -0.4 is 10.6 Å². The Morgan fingerprint density at radius 2 is 1.77 bits per heavy atom. The summed E-state index contributed by atoms with van der Waals surface area (Å²) in [5, 5.41) is 23.7. The summed E-state index contributed by atoms with van der Waals surface area (Å²) in [7, 11) is -0.565. The van der Waals surface area contributed by atoms with Gasteiger partial charge in [-0.1, -0.05) is 35.9 Å². The van der Waals surface area contributed by atoms with Crippen molar-refractivity contribution in [3.63, 3.8) is 0 Å². The van der Waals surface area contributed by atoms with E-state index in [-0.39, 0.29) is 24.8 Å². The largest absolute Gasteiger partial charge is 0.635 e. The predicted molar refractivity (Wildman–Crippen MR) is 113 cm³/mol. The highest BCUT2D eigenvalue weighted by Gasteiger charge is 2.21. The highest BCUT2D eigenvalue weighted by Crippen LogP contribution is 2.14. The summed E-state index contributed by atoms with van der Waals surface area (Å²) >= 11 is 0. The van der Waals surface area contributed by atoms with Crippen molar-refractivity contribution in [2.45, 2.75) is 32.9 Å². The Kier molecular flexibility index (Phi) is 9.00. The van der Waals surface area contributed by atoms with Gasteiger partial charge in [0, 0.05) is 19.2 Å². The number of nitrogens with one attached hydrogen (secondary N) is 2. The Hall–Kier alpha value is -2.72. The molecule has 0 unspecified atom stereocenters. The molecule has 0 heterocycles. The fourth-order valence-corrected chi connectivity index (χ4v) is 3.00. The lowest BCUT2D eigenvalue weighted by Crippen LogP contribution is -2.43. The number of aryl methyl sites for hydroxylation is 2. The van der Waals surface area contributed by atoms with Crippen LogP contribution in [0.5, 0.6) is 0 Å². The maximum absolute atomic E-state index is 12.4. The molecule has 0 aliphatic carbocycles. The van der Waals surface area contributed by atoms with Crippen molar-refractivity contribution >= 4 is 24.8 Å². The number of hydrogen-bond acceptors (Lipinski definition) is 6. The lowest BCUT2D eigenvalue weighted by molar-refractivity contribution is -0.123. The van der Waals surface area contributed by atoms with Crippen LogP contribution in [0.1, 0.15) is 22.3 Å². The molecule has 2 aromatic carbocycles. The van der Waals surface area contributed by atoms with Crippen molar-refractivity contribution in [2.24, 2.45) is 0 Å². The molecule has 9 heteroatoms. The molecule has 2 amide bonds. The number of carbonyl (C=O) groups is 2. The molecule has 0 aliphatic heterocycles. The fraction of sp³-hybridized carbons (Fsp3) is 0.333. The molecule has 0 aromatic heterocycles. The molecule has 1 atom stereocenters. The molecule has 0 saturated carbocycles. The first kappa shape index (κ1) is 23.6. The van der Waals surface area contributed by atoms with Crippen LogP contribution in [-0.2, 0) is 31.8 Å². The van der Waals surface area contributed by atoms with Gasteiger partial charge in [-0.3, -0.25) is 9.59 Å². The van der Waals surface area contributed by atoms with Gasteiger partial charge in [0.1, 0.15) is 12.8 Å². The Morgan fingerprint density at radius 1 is 1.07 bits per heavy atom. The van der Waals surface area contributed by atoms with Crippen LogP contribution in [-0.4, -0.2) is 49.1 Å². The fourth-order valence-electron chi connectivity index (χ4n) is 3.00. The second-order valence-corrected chi connectivity index (χ2v) is 7.01. The van der Waals surface area contributed by atoms with Crippen molar-refractivity contribution in [3.8, 4) is 0 Å². The van der Waals surface area contributed by atoms with Crippen LogP contribution in [0.4, 0.5) is 5.69 Å². The van der Waals surface area contributed by atoms with Gasteiger partial charge in [-0.05, 0) is 42.7 Å². The van der Waals surface area contributed by atoms with Crippen molar-refractivity contribution < 1.29 is 29.0 Å². The van der Waals surface area contributed by atoms with E-state index in [2.05, 4.69) is 10.6 Å². The van der Waals surface area contributed by atoms with Gasteiger partial charge in [0.15, 0.2) is 0 Å². The minimum atomic E-state index is -2.00. The summed E-state index contributed by atoms with van der Waals surface area (Å²) in [6, 6.07) is 12.7. The molecule has 0 fully saturated rings. The molecule has 2 aromatic rings.